The summed E-state index contributed by atoms with van der Waals surface area (Å²) in [4.78, 5) is 0. The van der Waals surface area contributed by atoms with E-state index >= 15 is 0 Å². The Kier molecular flexibility index (Phi) is 9.88. The molecule has 4 atom stereocenters. The van der Waals surface area contributed by atoms with E-state index in [0.29, 0.717) is 18.5 Å². The van der Waals surface area contributed by atoms with Crippen molar-refractivity contribution in [2.45, 2.75) is 32.0 Å². The number of hydrogen-bond acceptors (Lipinski definition) is 1. The Labute approximate surface area is 217 Å². The summed E-state index contributed by atoms with van der Waals surface area (Å²) in [6.45, 7) is 10.0. The van der Waals surface area contributed by atoms with Gasteiger partial charge in [-0.3, -0.25) is 6.67 Å². The van der Waals surface area contributed by atoms with Crippen molar-refractivity contribution in [1.29, 1.82) is 0 Å². The van der Waals surface area contributed by atoms with E-state index in [9.17, 15) is 0 Å². The molecule has 0 aromatic heterocycles. The summed E-state index contributed by atoms with van der Waals surface area (Å²) in [6.07, 6.45) is 8.52. The molecule has 1 saturated heterocycles. The molecule has 0 N–H and O–H groups in total. The quantitative estimate of drug-likeness (QED) is 0.287. The molecule has 0 bridgehead atoms. The molecule has 2 fully saturated rings. The molecule has 4 unspecified atom stereocenters. The van der Waals surface area contributed by atoms with E-state index in [-0.39, 0.29) is 7.43 Å². The molecule has 0 radical (unpaired) electrons. The summed E-state index contributed by atoms with van der Waals surface area (Å²) in [5.41, 5.74) is 3.71. The average Bonchev–Trinajstić information content (AvgIpc) is 3.16. The van der Waals surface area contributed by atoms with Crippen LogP contribution in [-0.4, -0.2) is 32.8 Å². The van der Waals surface area contributed by atoms with Gasteiger partial charge in [-0.15, -0.1) is 13.3 Å². The van der Waals surface area contributed by atoms with Crippen LogP contribution < -0.4 is 0 Å². The van der Waals surface area contributed by atoms with E-state index in [1.807, 2.05) is 0 Å². The molecule has 2 aromatic carbocycles. The van der Waals surface area contributed by atoms with Gasteiger partial charge in [-0.2, -0.15) is 0 Å². The van der Waals surface area contributed by atoms with Gasteiger partial charge < -0.3 is 22.6 Å². The van der Waals surface area contributed by atoms with Gasteiger partial charge in [0.25, 0.3) is 0 Å². The summed E-state index contributed by atoms with van der Waals surface area (Å²) in [5, 5.41) is 11.9. The van der Waals surface area contributed by atoms with Crippen LogP contribution in [0.15, 0.2) is 60.7 Å². The zero-order valence-electron chi connectivity index (χ0n) is 20.0. The molecule has 174 valence electrons. The van der Waals surface area contributed by atoms with Crippen molar-refractivity contribution in [1.82, 2.24) is 4.57 Å². The normalized spacial score (nSPS) is 27.4. The van der Waals surface area contributed by atoms with Gasteiger partial charge in [-0.25, -0.2) is 0 Å². The van der Waals surface area contributed by atoms with Crippen molar-refractivity contribution in [3.8, 4) is 0 Å². The molecule has 0 amide bonds. The Morgan fingerprint density at radius 1 is 1.03 bits per heavy atom. The number of fused-ring (bicyclic) bond motifs is 2. The van der Waals surface area contributed by atoms with E-state index in [2.05, 4.69) is 95.9 Å². The van der Waals surface area contributed by atoms with Gasteiger partial charge in [-0.1, -0.05) is 80.7 Å². The predicted molar refractivity (Wildman–Crippen MR) is 144 cm³/mol. The zero-order chi connectivity index (χ0) is 22.7. The molecule has 3 aliphatic rings. The molecule has 2 aromatic rings. The van der Waals surface area contributed by atoms with Crippen molar-refractivity contribution in [3.63, 3.8) is 0 Å². The number of allylic oxidation sites excluding steroid dienone is 4. The van der Waals surface area contributed by atoms with Crippen LogP contribution in [-0.2, 0) is 17.0 Å². The molecule has 2 aliphatic carbocycles. The van der Waals surface area contributed by atoms with E-state index in [0.717, 1.165) is 24.8 Å². The van der Waals surface area contributed by atoms with Gasteiger partial charge in [-0.05, 0) is 51.6 Å². The van der Waals surface area contributed by atoms with Gasteiger partial charge in [0.1, 0.15) is 8.24 Å². The molecule has 1 aliphatic heterocycles. The van der Waals surface area contributed by atoms with Crippen LogP contribution in [0.4, 0.5) is 0 Å². The number of benzene rings is 2. The number of halogens is 2. The van der Waals surface area contributed by atoms with Crippen LogP contribution in [0.3, 0.4) is 0 Å². The van der Waals surface area contributed by atoms with Crippen molar-refractivity contribution in [2.75, 3.05) is 20.0 Å². The number of hydrogen-bond donors (Lipinski definition) is 0. The Morgan fingerprint density at radius 2 is 1.70 bits per heavy atom. The van der Waals surface area contributed by atoms with Gasteiger partial charge in [0.05, 0.1) is 0 Å². The second-order valence-corrected chi connectivity index (χ2v) is 16.8. The number of rotatable bonds is 3. The van der Waals surface area contributed by atoms with Crippen LogP contribution in [0.5, 0.6) is 0 Å². The first-order valence-corrected chi connectivity index (χ1v) is 18.7. The Bertz CT molecular complexity index is 985. The van der Waals surface area contributed by atoms with E-state index < -0.39 is 25.3 Å². The van der Waals surface area contributed by atoms with Crippen LogP contribution in [0.25, 0.3) is 27.0 Å². The molecule has 5 rings (SSSR count). The molecule has 1 saturated carbocycles. The minimum absolute atomic E-state index is 0. The third kappa shape index (κ3) is 5.54. The van der Waals surface area contributed by atoms with Gasteiger partial charge >= 0.3 is 35.6 Å². The van der Waals surface area contributed by atoms with E-state index in [1.54, 1.807) is 5.57 Å². The summed E-state index contributed by atoms with van der Waals surface area (Å²) >= 11 is -0.556. The molecule has 33 heavy (non-hydrogen) atoms. The van der Waals surface area contributed by atoms with Crippen LogP contribution in [0, 0.1) is 25.2 Å². The van der Waals surface area contributed by atoms with Crippen LogP contribution in [0.2, 0.25) is 18.6 Å². The Hall–Kier alpha value is -0.429. The molecule has 0 spiro atoms. The topological polar surface area (TPSA) is 31.4 Å². The van der Waals surface area contributed by atoms with Crippen LogP contribution >= 0.6 is 18.6 Å². The summed E-state index contributed by atoms with van der Waals surface area (Å²) in [7, 11) is 8.12. The van der Waals surface area contributed by atoms with Crippen molar-refractivity contribution >= 4 is 43.2 Å². The summed E-state index contributed by atoms with van der Waals surface area (Å²) < 4.78 is 2.61. The average molecular weight is 535 g/mol. The SMILES string of the molecule is CC1CC2C(c3cccc4ccccc34)=CC=CC2C1[Si](C)(C)N1C[N-]C[N-]C1.[CH3-].[Cl][Ti+4][Cl]. The summed E-state index contributed by atoms with van der Waals surface area (Å²) in [5.74, 6) is 1.98. The maximum atomic E-state index is 4.89. The summed E-state index contributed by atoms with van der Waals surface area (Å²) in [6, 6.07) is 15.6. The van der Waals surface area contributed by atoms with E-state index in [4.69, 9.17) is 18.6 Å². The minimum atomic E-state index is -1.66. The third-order valence-corrected chi connectivity index (χ3v) is 12.1. The van der Waals surface area contributed by atoms with Crippen molar-refractivity contribution in [3.05, 3.63) is 84.3 Å². The standard InChI is InChI=1S/C25H31N3Si.CH3.2ClH.Ti/c1-18-14-24-22(21-11-6-9-19-8-4-5-10-20(19)21)12-7-13-23(24)25(18)29(2,3)28-16-26-15-27-17-28;;;;/h4-13,18,23-25H,14-17H2,1-3H3;1H3;2*1H;/q-2;-1;;;+6/p-2. The Morgan fingerprint density at radius 3 is 2.42 bits per heavy atom. The van der Waals surface area contributed by atoms with Gasteiger partial charge in [0, 0.05) is 0 Å². The first-order valence-electron chi connectivity index (χ1n) is 11.3. The van der Waals surface area contributed by atoms with Crippen LogP contribution in [0.1, 0.15) is 18.9 Å². The first-order chi connectivity index (χ1) is 15.5. The predicted octanol–water partition coefficient (Wildman–Crippen LogP) is 8.40. The maximum absolute atomic E-state index is 4.89. The fourth-order valence-corrected chi connectivity index (χ4v) is 10.5. The number of nitrogens with zero attached hydrogens (tertiary/aromatic N) is 3. The van der Waals surface area contributed by atoms with Gasteiger partial charge in [0.2, 0.25) is 0 Å². The molecule has 3 nitrogen and oxygen atoms in total. The molecular weight excluding hydrogens is 501 g/mol. The molecule has 1 heterocycles. The van der Waals surface area contributed by atoms with Crippen molar-refractivity contribution in [2.24, 2.45) is 17.8 Å². The zero-order valence-corrected chi connectivity index (χ0v) is 24.1. The fraction of sp³-hybridized carbons (Fsp3) is 0.423. The molecular formula is C26H34Cl2N3SiTi+. The Balaban J connectivity index is 0.000000728. The second kappa shape index (κ2) is 12.0. The second-order valence-electron chi connectivity index (χ2n) is 9.59. The van der Waals surface area contributed by atoms with Crippen molar-refractivity contribution < 1.29 is 17.0 Å². The fourth-order valence-electron chi connectivity index (χ4n) is 6.29. The third-order valence-electron chi connectivity index (χ3n) is 7.60. The van der Waals surface area contributed by atoms with E-state index in [1.165, 1.54) is 22.8 Å². The first kappa shape index (κ1) is 27.2. The van der Waals surface area contributed by atoms with Gasteiger partial charge in [0.15, 0.2) is 0 Å². The monoisotopic (exact) mass is 534 g/mol. The molecule has 7 heteroatoms.